The largest absolute Gasteiger partial charge is 0.463 e. The van der Waals surface area contributed by atoms with Crippen LogP contribution in [0.4, 0.5) is 4.79 Å². The quantitative estimate of drug-likeness (QED) is 0.634. The molecule has 0 spiro atoms. The van der Waals surface area contributed by atoms with Crippen molar-refractivity contribution in [3.05, 3.63) is 30.3 Å². The first-order valence-corrected chi connectivity index (χ1v) is 4.84. The first-order chi connectivity index (χ1) is 7.41. The topological polar surface area (TPSA) is 59.0 Å². The predicted molar refractivity (Wildman–Crippen MR) is 57.8 cm³/mol. The first kappa shape index (κ1) is 12.3. The fraction of sp³-hybridized carbons (Fsp3) is 0.364. The van der Waals surface area contributed by atoms with E-state index in [1.54, 1.807) is 45.0 Å². The second kappa shape index (κ2) is 4.85. The zero-order valence-electron chi connectivity index (χ0n) is 9.51. The molecular weight excluding hydrogens is 210 g/mol. The van der Waals surface area contributed by atoms with Gasteiger partial charge in [-0.1, -0.05) is 23.2 Å². The summed E-state index contributed by atoms with van der Waals surface area (Å²) in [5.74, 6) is 0.443. The number of carboxylic acid groups (broad SMARTS) is 1. The minimum Gasteiger partial charge on any atom is -0.463 e. The summed E-state index contributed by atoms with van der Waals surface area (Å²) in [4.78, 5) is 20.6. The van der Waals surface area contributed by atoms with Gasteiger partial charge in [0.15, 0.2) is 5.75 Å². The summed E-state index contributed by atoms with van der Waals surface area (Å²) in [5.41, 5.74) is -0.694. The number of amides is 1. The summed E-state index contributed by atoms with van der Waals surface area (Å²) in [6, 6.07) is 8.69. The van der Waals surface area contributed by atoms with Gasteiger partial charge >= 0.3 is 6.09 Å². The number of hydrogen-bond donors (Lipinski definition) is 1. The highest BCUT2D eigenvalue weighted by atomic mass is 17.3. The SMILES string of the molecule is CC(C)(C)N(OOc1ccccc1)C(=O)O. The number of para-hydroxylation sites is 1. The lowest BCUT2D eigenvalue weighted by molar-refractivity contribution is -0.370. The molecule has 88 valence electrons. The van der Waals surface area contributed by atoms with Crippen molar-refractivity contribution in [2.75, 3.05) is 0 Å². The van der Waals surface area contributed by atoms with E-state index in [9.17, 15) is 4.79 Å². The molecule has 1 aromatic rings. The standard InChI is InChI=1S/C11H15NO4/c1-11(2,3)12(10(13)14)16-15-9-7-5-4-6-8-9/h4-8H,1-3H3,(H,13,14). The van der Waals surface area contributed by atoms with Gasteiger partial charge in [-0.3, -0.25) is 0 Å². The summed E-state index contributed by atoms with van der Waals surface area (Å²) < 4.78 is 0. The van der Waals surface area contributed by atoms with Crippen LogP contribution in [0.15, 0.2) is 30.3 Å². The summed E-state index contributed by atoms with van der Waals surface area (Å²) in [6.45, 7) is 5.11. The van der Waals surface area contributed by atoms with E-state index >= 15 is 0 Å². The molecule has 0 saturated carbocycles. The average Bonchev–Trinajstić information content (AvgIpc) is 2.17. The van der Waals surface area contributed by atoms with E-state index in [-0.39, 0.29) is 0 Å². The van der Waals surface area contributed by atoms with Crippen molar-refractivity contribution in [3.8, 4) is 5.75 Å². The molecule has 0 aliphatic heterocycles. The van der Waals surface area contributed by atoms with Crippen LogP contribution in [0.5, 0.6) is 5.75 Å². The van der Waals surface area contributed by atoms with Crippen LogP contribution in [0.3, 0.4) is 0 Å². The lowest BCUT2D eigenvalue weighted by atomic mass is 10.1. The van der Waals surface area contributed by atoms with E-state index in [1.165, 1.54) is 0 Å². The van der Waals surface area contributed by atoms with Gasteiger partial charge in [0, 0.05) is 0 Å². The van der Waals surface area contributed by atoms with Gasteiger partial charge in [0.2, 0.25) is 0 Å². The Hall–Kier alpha value is -1.75. The van der Waals surface area contributed by atoms with E-state index in [0.717, 1.165) is 5.06 Å². The Kier molecular flexibility index (Phi) is 3.73. The lowest BCUT2D eigenvalue weighted by Gasteiger charge is -2.29. The minimum atomic E-state index is -1.21. The molecule has 5 nitrogen and oxygen atoms in total. The highest BCUT2D eigenvalue weighted by Gasteiger charge is 2.29. The van der Waals surface area contributed by atoms with Crippen molar-refractivity contribution in [2.45, 2.75) is 26.3 Å². The fourth-order valence-corrected chi connectivity index (χ4v) is 0.987. The number of hydrogen-bond acceptors (Lipinski definition) is 3. The van der Waals surface area contributed by atoms with Crippen LogP contribution in [0.1, 0.15) is 20.8 Å². The second-order valence-electron chi connectivity index (χ2n) is 4.22. The molecule has 0 bridgehead atoms. The van der Waals surface area contributed by atoms with Crippen LogP contribution in [0.2, 0.25) is 0 Å². The third-order valence-corrected chi connectivity index (χ3v) is 1.73. The maximum absolute atomic E-state index is 10.9. The molecule has 0 atom stereocenters. The normalized spacial score (nSPS) is 10.9. The monoisotopic (exact) mass is 225 g/mol. The average molecular weight is 225 g/mol. The molecule has 1 aromatic carbocycles. The van der Waals surface area contributed by atoms with Gasteiger partial charge in [-0.15, -0.1) is 5.06 Å². The van der Waals surface area contributed by atoms with Crippen molar-refractivity contribution in [3.63, 3.8) is 0 Å². The van der Waals surface area contributed by atoms with Gasteiger partial charge in [-0.2, -0.15) is 0 Å². The fourth-order valence-electron chi connectivity index (χ4n) is 0.987. The Labute approximate surface area is 94.1 Å². The van der Waals surface area contributed by atoms with Crippen molar-refractivity contribution >= 4 is 6.09 Å². The molecule has 5 heteroatoms. The molecule has 1 rings (SSSR count). The highest BCUT2D eigenvalue weighted by Crippen LogP contribution is 2.16. The molecule has 0 aromatic heterocycles. The Balaban J connectivity index is 2.62. The van der Waals surface area contributed by atoms with Crippen LogP contribution in [0.25, 0.3) is 0 Å². The molecular formula is C11H15NO4. The lowest BCUT2D eigenvalue weighted by Crippen LogP contribution is -2.45. The van der Waals surface area contributed by atoms with E-state index in [1.807, 2.05) is 6.07 Å². The maximum Gasteiger partial charge on any atom is 0.435 e. The zero-order valence-corrected chi connectivity index (χ0v) is 9.51. The Morgan fingerprint density at radius 2 is 1.81 bits per heavy atom. The van der Waals surface area contributed by atoms with Crippen LogP contribution in [-0.4, -0.2) is 21.8 Å². The van der Waals surface area contributed by atoms with Gasteiger partial charge in [0.25, 0.3) is 0 Å². The van der Waals surface area contributed by atoms with Crippen LogP contribution < -0.4 is 4.89 Å². The minimum absolute atomic E-state index is 0.443. The Morgan fingerprint density at radius 3 is 2.25 bits per heavy atom. The third kappa shape index (κ3) is 3.43. The smallest absolute Gasteiger partial charge is 0.435 e. The summed E-state index contributed by atoms with van der Waals surface area (Å²) >= 11 is 0. The van der Waals surface area contributed by atoms with E-state index in [4.69, 9.17) is 15.0 Å². The maximum atomic E-state index is 10.9. The number of hydroxylamine groups is 2. The number of carbonyl (C=O) groups is 1. The van der Waals surface area contributed by atoms with Crippen molar-refractivity contribution in [1.82, 2.24) is 5.06 Å². The molecule has 16 heavy (non-hydrogen) atoms. The first-order valence-electron chi connectivity index (χ1n) is 4.84. The second-order valence-corrected chi connectivity index (χ2v) is 4.22. The molecule has 1 amide bonds. The zero-order chi connectivity index (χ0) is 12.2. The Morgan fingerprint density at radius 1 is 1.25 bits per heavy atom. The van der Waals surface area contributed by atoms with Gasteiger partial charge in [-0.25, -0.2) is 4.79 Å². The molecule has 1 N–H and O–H groups in total. The molecule has 0 unspecified atom stereocenters. The summed E-state index contributed by atoms with van der Waals surface area (Å²) in [7, 11) is 0. The summed E-state index contributed by atoms with van der Waals surface area (Å²) in [6.07, 6.45) is -1.21. The van der Waals surface area contributed by atoms with Gasteiger partial charge in [0.1, 0.15) is 0 Å². The predicted octanol–water partition coefficient (Wildman–Crippen LogP) is 2.69. The number of rotatable bonds is 3. The molecule has 0 aliphatic carbocycles. The van der Waals surface area contributed by atoms with E-state index in [2.05, 4.69) is 0 Å². The molecule has 0 fully saturated rings. The summed E-state index contributed by atoms with van der Waals surface area (Å²) in [5, 5.41) is 9.66. The van der Waals surface area contributed by atoms with Gasteiger partial charge < -0.3 is 9.99 Å². The third-order valence-electron chi connectivity index (χ3n) is 1.73. The number of benzene rings is 1. The van der Waals surface area contributed by atoms with Crippen molar-refractivity contribution in [1.29, 1.82) is 0 Å². The molecule has 0 heterocycles. The molecule has 0 saturated heterocycles. The van der Waals surface area contributed by atoms with Gasteiger partial charge in [0.05, 0.1) is 5.54 Å². The molecule has 0 radical (unpaired) electrons. The Bertz CT molecular complexity index is 345. The van der Waals surface area contributed by atoms with E-state index in [0.29, 0.717) is 5.75 Å². The number of nitrogens with zero attached hydrogens (tertiary/aromatic N) is 1. The van der Waals surface area contributed by atoms with Crippen LogP contribution >= 0.6 is 0 Å². The highest BCUT2D eigenvalue weighted by molar-refractivity contribution is 5.64. The van der Waals surface area contributed by atoms with E-state index < -0.39 is 11.6 Å². The van der Waals surface area contributed by atoms with Crippen LogP contribution in [-0.2, 0) is 4.99 Å². The van der Waals surface area contributed by atoms with Crippen molar-refractivity contribution in [2.24, 2.45) is 0 Å². The van der Waals surface area contributed by atoms with Crippen molar-refractivity contribution < 1.29 is 19.8 Å². The van der Waals surface area contributed by atoms with Gasteiger partial charge in [-0.05, 0) is 32.9 Å². The van der Waals surface area contributed by atoms with Crippen LogP contribution in [0, 0.1) is 0 Å². The molecule has 0 aliphatic rings.